The number of methoxy groups -OCH3 is 1. The van der Waals surface area contributed by atoms with Gasteiger partial charge in [-0.05, 0) is 50.5 Å². The molecule has 0 aliphatic heterocycles. The smallest absolute Gasteiger partial charge is 0.243 e. The lowest BCUT2D eigenvalue weighted by molar-refractivity contribution is -0.142. The van der Waals surface area contributed by atoms with Crippen LogP contribution in [-0.2, 0) is 32.6 Å². The predicted octanol–water partition coefficient (Wildman–Crippen LogP) is 4.80. The van der Waals surface area contributed by atoms with Gasteiger partial charge in [0.05, 0.1) is 19.1 Å². The highest BCUT2D eigenvalue weighted by Gasteiger charge is 2.32. The van der Waals surface area contributed by atoms with Gasteiger partial charge in [0.25, 0.3) is 0 Å². The molecule has 0 aliphatic rings. The van der Waals surface area contributed by atoms with Crippen LogP contribution < -0.4 is 14.4 Å². The predicted molar refractivity (Wildman–Crippen MR) is 163 cm³/mol. The summed E-state index contributed by atoms with van der Waals surface area (Å²) in [6.45, 7) is 6.06. The van der Waals surface area contributed by atoms with Crippen LogP contribution in [-0.4, -0.2) is 56.6 Å². The van der Waals surface area contributed by atoms with Crippen molar-refractivity contribution in [2.24, 2.45) is 0 Å². The van der Waals surface area contributed by atoms with Gasteiger partial charge >= 0.3 is 0 Å². The fraction of sp³-hybridized carbons (Fsp3) is 0.375. The van der Waals surface area contributed by atoms with Crippen molar-refractivity contribution in [3.63, 3.8) is 0 Å². The van der Waals surface area contributed by atoms with Crippen LogP contribution in [0.15, 0.2) is 84.9 Å². The zero-order chi connectivity index (χ0) is 30.0. The third-order valence-corrected chi connectivity index (χ3v) is 7.65. The largest absolute Gasteiger partial charge is 0.495 e. The van der Waals surface area contributed by atoms with Gasteiger partial charge in [-0.2, -0.15) is 0 Å². The average molecular weight is 580 g/mol. The van der Waals surface area contributed by atoms with Crippen LogP contribution in [0.4, 0.5) is 5.69 Å². The number of nitrogens with zero attached hydrogens (tertiary/aromatic N) is 2. The molecule has 0 saturated carbocycles. The fourth-order valence-electron chi connectivity index (χ4n) is 4.61. The third kappa shape index (κ3) is 9.63. The molecule has 1 N–H and O–H groups in total. The van der Waals surface area contributed by atoms with E-state index in [1.807, 2.05) is 81.4 Å². The van der Waals surface area contributed by atoms with Crippen molar-refractivity contribution >= 4 is 27.5 Å². The summed E-state index contributed by atoms with van der Waals surface area (Å²) in [5.74, 6) is -0.0403. The molecular weight excluding hydrogens is 538 g/mol. The Labute approximate surface area is 244 Å². The molecular formula is C32H41N3O5S. The summed E-state index contributed by atoms with van der Waals surface area (Å²) < 4.78 is 32.1. The maximum atomic E-state index is 13.9. The van der Waals surface area contributed by atoms with Crippen LogP contribution >= 0.6 is 0 Å². The van der Waals surface area contributed by atoms with Gasteiger partial charge in [-0.15, -0.1) is 0 Å². The van der Waals surface area contributed by atoms with Gasteiger partial charge in [0.2, 0.25) is 21.8 Å². The van der Waals surface area contributed by atoms with Crippen LogP contribution in [0.5, 0.6) is 5.75 Å². The summed E-state index contributed by atoms with van der Waals surface area (Å²) >= 11 is 0. The zero-order valence-corrected chi connectivity index (χ0v) is 25.4. The van der Waals surface area contributed by atoms with Crippen molar-refractivity contribution in [1.82, 2.24) is 10.2 Å². The standard InChI is InChI=1S/C32H41N3O5S/c1-32(2,3)33-31(37)28(23-25-15-8-6-9-16-25)34(24-26-17-10-7-11-18-26)30(36)21-14-22-35(41(5,38)39)27-19-12-13-20-29(27)40-4/h6-13,15-20,28H,14,21-24H2,1-5H3,(H,33,37). The number of nitrogens with one attached hydrogen (secondary N) is 1. The van der Waals surface area contributed by atoms with E-state index in [1.54, 1.807) is 29.2 Å². The van der Waals surface area contributed by atoms with E-state index in [-0.39, 0.29) is 37.7 Å². The maximum Gasteiger partial charge on any atom is 0.243 e. The summed E-state index contributed by atoms with van der Waals surface area (Å²) in [6.07, 6.45) is 1.80. The Bertz CT molecular complexity index is 1390. The van der Waals surface area contributed by atoms with Crippen molar-refractivity contribution in [3.8, 4) is 5.75 Å². The monoisotopic (exact) mass is 579 g/mol. The minimum absolute atomic E-state index is 0.0576. The molecule has 1 atom stereocenters. The van der Waals surface area contributed by atoms with Gasteiger partial charge < -0.3 is 15.0 Å². The number of anilines is 1. The van der Waals surface area contributed by atoms with Crippen molar-refractivity contribution < 1.29 is 22.7 Å². The number of para-hydroxylation sites is 2. The van der Waals surface area contributed by atoms with Crippen molar-refractivity contribution in [1.29, 1.82) is 0 Å². The number of sulfonamides is 1. The van der Waals surface area contributed by atoms with Gasteiger partial charge in [0.15, 0.2) is 0 Å². The summed E-state index contributed by atoms with van der Waals surface area (Å²) in [6, 6.07) is 25.3. The molecule has 0 bridgehead atoms. The highest BCUT2D eigenvalue weighted by Crippen LogP contribution is 2.30. The molecule has 41 heavy (non-hydrogen) atoms. The molecule has 220 valence electrons. The Hall–Kier alpha value is -3.85. The van der Waals surface area contributed by atoms with Crippen molar-refractivity contribution in [3.05, 3.63) is 96.1 Å². The molecule has 9 heteroatoms. The fourth-order valence-corrected chi connectivity index (χ4v) is 5.57. The highest BCUT2D eigenvalue weighted by atomic mass is 32.2. The molecule has 0 aliphatic carbocycles. The van der Waals surface area contributed by atoms with E-state index < -0.39 is 21.6 Å². The van der Waals surface area contributed by atoms with Crippen molar-refractivity contribution in [2.45, 2.75) is 58.2 Å². The van der Waals surface area contributed by atoms with Crippen LogP contribution in [0.2, 0.25) is 0 Å². The van der Waals surface area contributed by atoms with E-state index in [0.29, 0.717) is 17.9 Å². The quantitative estimate of drug-likeness (QED) is 0.314. The van der Waals surface area contributed by atoms with Gasteiger partial charge in [-0.1, -0.05) is 72.8 Å². The highest BCUT2D eigenvalue weighted by molar-refractivity contribution is 7.92. The second-order valence-electron chi connectivity index (χ2n) is 11.1. The number of hydrogen-bond acceptors (Lipinski definition) is 5. The Morgan fingerprint density at radius 2 is 1.44 bits per heavy atom. The van der Waals surface area contributed by atoms with Crippen molar-refractivity contribution in [2.75, 3.05) is 24.2 Å². The first-order valence-corrected chi connectivity index (χ1v) is 15.5. The summed E-state index contributed by atoms with van der Waals surface area (Å²) in [4.78, 5) is 29.2. The average Bonchev–Trinajstić information content (AvgIpc) is 2.92. The molecule has 8 nitrogen and oxygen atoms in total. The number of benzene rings is 3. The van der Waals surface area contributed by atoms with E-state index in [4.69, 9.17) is 4.74 Å². The number of hydrogen-bond donors (Lipinski definition) is 1. The second kappa shape index (κ2) is 14.2. The van der Waals surface area contributed by atoms with E-state index in [0.717, 1.165) is 17.4 Å². The van der Waals surface area contributed by atoms with Gasteiger partial charge in [-0.3, -0.25) is 13.9 Å². The van der Waals surface area contributed by atoms with Gasteiger partial charge in [0, 0.05) is 31.5 Å². The summed E-state index contributed by atoms with van der Waals surface area (Å²) in [7, 11) is -2.16. The molecule has 0 heterocycles. The van der Waals surface area contributed by atoms with E-state index >= 15 is 0 Å². The Morgan fingerprint density at radius 3 is 2.00 bits per heavy atom. The molecule has 3 aromatic carbocycles. The number of carbonyl (C=O) groups is 2. The Morgan fingerprint density at radius 1 is 0.878 bits per heavy atom. The molecule has 0 fully saturated rings. The second-order valence-corrected chi connectivity index (χ2v) is 13.0. The van der Waals surface area contributed by atoms with Gasteiger partial charge in [0.1, 0.15) is 11.8 Å². The van der Waals surface area contributed by atoms with E-state index in [1.165, 1.54) is 11.4 Å². The lowest BCUT2D eigenvalue weighted by Crippen LogP contribution is -2.54. The lowest BCUT2D eigenvalue weighted by Gasteiger charge is -2.34. The molecule has 0 aromatic heterocycles. The topological polar surface area (TPSA) is 96.0 Å². The van der Waals surface area contributed by atoms with Crippen LogP contribution in [0.3, 0.4) is 0 Å². The van der Waals surface area contributed by atoms with Crippen LogP contribution in [0.1, 0.15) is 44.7 Å². The third-order valence-electron chi connectivity index (χ3n) is 6.47. The van der Waals surface area contributed by atoms with Crippen LogP contribution in [0, 0.1) is 0 Å². The molecule has 3 aromatic rings. The Kier molecular flexibility index (Phi) is 10.9. The molecule has 0 radical (unpaired) electrons. The zero-order valence-electron chi connectivity index (χ0n) is 24.5. The molecule has 3 rings (SSSR count). The maximum absolute atomic E-state index is 13.9. The molecule has 0 spiro atoms. The van der Waals surface area contributed by atoms with Gasteiger partial charge in [-0.25, -0.2) is 8.42 Å². The first-order chi connectivity index (χ1) is 19.4. The first kappa shape index (κ1) is 31.7. The number of amides is 2. The normalized spacial score (nSPS) is 12.3. The van der Waals surface area contributed by atoms with E-state index in [2.05, 4.69) is 5.32 Å². The molecule has 0 saturated heterocycles. The minimum atomic E-state index is -3.64. The molecule has 2 amide bonds. The lowest BCUT2D eigenvalue weighted by atomic mass is 10.00. The number of ether oxygens (including phenoxy) is 1. The SMILES string of the molecule is COc1ccccc1N(CCCC(=O)N(Cc1ccccc1)C(Cc1ccccc1)C(=O)NC(C)(C)C)S(C)(=O)=O. The summed E-state index contributed by atoms with van der Waals surface area (Å²) in [5.41, 5.74) is 1.76. The van der Waals surface area contributed by atoms with E-state index in [9.17, 15) is 18.0 Å². The number of rotatable bonds is 13. The Balaban J connectivity index is 1.89. The first-order valence-electron chi connectivity index (χ1n) is 13.7. The molecule has 1 unspecified atom stereocenters. The minimum Gasteiger partial charge on any atom is -0.495 e. The number of carbonyl (C=O) groups excluding carboxylic acids is 2. The van der Waals surface area contributed by atoms with Crippen LogP contribution in [0.25, 0.3) is 0 Å². The summed E-state index contributed by atoms with van der Waals surface area (Å²) in [5, 5.41) is 3.05.